The van der Waals surface area contributed by atoms with Gasteiger partial charge in [0.1, 0.15) is 12.1 Å². The zero-order chi connectivity index (χ0) is 8.27. The molecule has 1 fully saturated rings. The Morgan fingerprint density at radius 2 is 2.45 bits per heavy atom. The van der Waals surface area contributed by atoms with Gasteiger partial charge in [-0.25, -0.2) is 0 Å². The molecule has 1 saturated heterocycles. The van der Waals surface area contributed by atoms with Crippen molar-refractivity contribution in [3.8, 4) is 0 Å². The van der Waals surface area contributed by atoms with Gasteiger partial charge in [0.15, 0.2) is 0 Å². The molecule has 0 bridgehead atoms. The van der Waals surface area contributed by atoms with Crippen LogP contribution >= 0.6 is 0 Å². The molecule has 1 aliphatic heterocycles. The Balaban J connectivity index is 2.19. The highest BCUT2D eigenvalue weighted by Crippen LogP contribution is 2.06. The second-order valence-electron chi connectivity index (χ2n) is 2.61. The Bertz CT molecular complexity index is 145. The van der Waals surface area contributed by atoms with Crippen LogP contribution < -0.4 is 5.73 Å². The molecule has 0 aromatic heterocycles. The minimum absolute atomic E-state index is 0.0555. The first kappa shape index (κ1) is 8.49. The van der Waals surface area contributed by atoms with E-state index in [1.165, 1.54) is 0 Å². The lowest BCUT2D eigenvalue weighted by Gasteiger charge is -2.26. The third-order valence-corrected chi connectivity index (χ3v) is 1.63. The van der Waals surface area contributed by atoms with E-state index in [9.17, 15) is 4.79 Å². The zero-order valence-corrected chi connectivity index (χ0v) is 6.58. The van der Waals surface area contributed by atoms with Gasteiger partial charge in [-0.2, -0.15) is 0 Å². The van der Waals surface area contributed by atoms with E-state index in [2.05, 4.69) is 0 Å². The van der Waals surface area contributed by atoms with Crippen molar-refractivity contribution in [1.29, 1.82) is 0 Å². The molecule has 1 aliphatic rings. The summed E-state index contributed by atoms with van der Waals surface area (Å²) in [6.45, 7) is 2.88. The Hall–Kier alpha value is -0.610. The van der Waals surface area contributed by atoms with E-state index in [4.69, 9.17) is 15.2 Å². The number of hydrogen-bond acceptors (Lipinski definition) is 4. The third-order valence-electron chi connectivity index (χ3n) is 1.63. The van der Waals surface area contributed by atoms with Crippen molar-refractivity contribution < 1.29 is 14.3 Å². The summed E-state index contributed by atoms with van der Waals surface area (Å²) in [7, 11) is 0. The number of carbonyl (C=O) groups excluding carboxylic acids is 1. The summed E-state index contributed by atoms with van der Waals surface area (Å²) in [5.41, 5.74) is 5.43. The molecule has 0 aliphatic carbocycles. The largest absolute Gasteiger partial charge is 0.456 e. The number of carbonyl (C=O) groups is 1. The van der Waals surface area contributed by atoms with E-state index < -0.39 is 6.04 Å². The molecule has 0 spiro atoms. The molecule has 1 unspecified atom stereocenters. The van der Waals surface area contributed by atoms with Crippen molar-refractivity contribution in [2.75, 3.05) is 13.2 Å². The molecule has 2 N–H and O–H groups in total. The molecule has 4 heteroatoms. The van der Waals surface area contributed by atoms with E-state index in [1.807, 2.05) is 6.92 Å². The van der Waals surface area contributed by atoms with Gasteiger partial charge in [-0.1, -0.05) is 6.92 Å². The van der Waals surface area contributed by atoms with Crippen molar-refractivity contribution in [2.45, 2.75) is 25.5 Å². The van der Waals surface area contributed by atoms with E-state index >= 15 is 0 Å². The fourth-order valence-electron chi connectivity index (χ4n) is 0.700. The van der Waals surface area contributed by atoms with Crippen molar-refractivity contribution in [3.63, 3.8) is 0 Å². The maximum absolute atomic E-state index is 11.0. The summed E-state index contributed by atoms with van der Waals surface area (Å²) >= 11 is 0. The smallest absolute Gasteiger partial charge is 0.323 e. The monoisotopic (exact) mass is 159 g/mol. The molecule has 11 heavy (non-hydrogen) atoms. The van der Waals surface area contributed by atoms with Crippen molar-refractivity contribution in [2.24, 2.45) is 5.73 Å². The Morgan fingerprint density at radius 1 is 1.82 bits per heavy atom. The zero-order valence-electron chi connectivity index (χ0n) is 6.58. The summed E-state index contributed by atoms with van der Waals surface area (Å²) in [5, 5.41) is 0. The Kier molecular flexibility index (Phi) is 2.84. The van der Waals surface area contributed by atoms with Crippen LogP contribution in [0.3, 0.4) is 0 Å². The van der Waals surface area contributed by atoms with Gasteiger partial charge in [-0.05, 0) is 6.42 Å². The Labute approximate surface area is 65.7 Å². The van der Waals surface area contributed by atoms with Crippen LogP contribution in [-0.4, -0.2) is 31.3 Å². The van der Waals surface area contributed by atoms with Gasteiger partial charge in [0.2, 0.25) is 0 Å². The van der Waals surface area contributed by atoms with Crippen molar-refractivity contribution in [3.05, 3.63) is 0 Å². The van der Waals surface area contributed by atoms with Gasteiger partial charge in [-0.3, -0.25) is 4.79 Å². The molecule has 1 heterocycles. The minimum Gasteiger partial charge on any atom is -0.456 e. The summed E-state index contributed by atoms with van der Waals surface area (Å²) < 4.78 is 9.78. The van der Waals surface area contributed by atoms with E-state index in [1.54, 1.807) is 0 Å². The van der Waals surface area contributed by atoms with Crippen LogP contribution in [0.5, 0.6) is 0 Å². The van der Waals surface area contributed by atoms with Gasteiger partial charge < -0.3 is 15.2 Å². The number of nitrogens with two attached hydrogens (primary N) is 1. The first-order chi connectivity index (χ1) is 5.24. The molecule has 0 saturated carbocycles. The highest BCUT2D eigenvalue weighted by atomic mass is 16.6. The van der Waals surface area contributed by atoms with Crippen LogP contribution in [0, 0.1) is 0 Å². The lowest BCUT2D eigenvalue weighted by Crippen LogP contribution is -2.42. The van der Waals surface area contributed by atoms with Gasteiger partial charge in [0, 0.05) is 0 Å². The first-order valence-corrected chi connectivity index (χ1v) is 3.78. The molecule has 1 atom stereocenters. The predicted octanol–water partition coefficient (Wildman–Crippen LogP) is -0.334. The predicted molar refractivity (Wildman–Crippen MR) is 39.0 cm³/mol. The maximum atomic E-state index is 11.0. The molecular weight excluding hydrogens is 146 g/mol. The first-order valence-electron chi connectivity index (χ1n) is 3.78. The van der Waals surface area contributed by atoms with Gasteiger partial charge >= 0.3 is 5.97 Å². The van der Waals surface area contributed by atoms with Gasteiger partial charge in [0.25, 0.3) is 0 Å². The van der Waals surface area contributed by atoms with E-state index in [-0.39, 0.29) is 12.1 Å². The van der Waals surface area contributed by atoms with Crippen molar-refractivity contribution >= 4 is 5.97 Å². The van der Waals surface area contributed by atoms with Gasteiger partial charge in [-0.15, -0.1) is 0 Å². The van der Waals surface area contributed by atoms with Crippen LogP contribution in [0.2, 0.25) is 0 Å². The summed E-state index contributed by atoms with van der Waals surface area (Å²) in [4.78, 5) is 11.0. The third kappa shape index (κ3) is 2.17. The lowest BCUT2D eigenvalue weighted by atomic mass is 10.2. The number of ether oxygens (including phenoxy) is 2. The maximum Gasteiger partial charge on any atom is 0.323 e. The summed E-state index contributed by atoms with van der Waals surface area (Å²) in [5.74, 6) is -0.319. The molecule has 0 amide bonds. The highest BCUT2D eigenvalue weighted by molar-refractivity contribution is 5.75. The molecule has 1 rings (SSSR count). The quantitative estimate of drug-likeness (QED) is 0.572. The van der Waals surface area contributed by atoms with Crippen molar-refractivity contribution in [1.82, 2.24) is 0 Å². The van der Waals surface area contributed by atoms with Crippen LogP contribution in [-0.2, 0) is 14.3 Å². The second kappa shape index (κ2) is 3.69. The number of esters is 1. The fourth-order valence-corrected chi connectivity index (χ4v) is 0.700. The minimum atomic E-state index is -0.476. The second-order valence-corrected chi connectivity index (χ2v) is 2.61. The molecule has 64 valence electrons. The summed E-state index contributed by atoms with van der Waals surface area (Å²) in [6, 6.07) is -0.476. The summed E-state index contributed by atoms with van der Waals surface area (Å²) in [6.07, 6.45) is 0.562. The standard InChI is InChI=1S/C7H13NO3/c1-2-6(8)7(9)11-5-3-10-4-5/h5-6H,2-4,8H2,1H3. The molecular formula is C7H13NO3. The average molecular weight is 159 g/mol. The Morgan fingerprint density at radius 3 is 2.82 bits per heavy atom. The van der Waals surface area contributed by atoms with Gasteiger partial charge in [0.05, 0.1) is 13.2 Å². The normalized spacial score (nSPS) is 20.5. The molecule has 4 nitrogen and oxygen atoms in total. The van der Waals surface area contributed by atoms with Crippen LogP contribution in [0.15, 0.2) is 0 Å². The van der Waals surface area contributed by atoms with Crippen LogP contribution in [0.4, 0.5) is 0 Å². The number of rotatable bonds is 3. The molecule has 0 radical (unpaired) electrons. The number of hydrogen-bond donors (Lipinski definition) is 1. The topological polar surface area (TPSA) is 61.6 Å². The SMILES string of the molecule is CCC(N)C(=O)OC1COC1. The van der Waals surface area contributed by atoms with Crippen LogP contribution in [0.1, 0.15) is 13.3 Å². The molecule has 0 aromatic rings. The van der Waals surface area contributed by atoms with E-state index in [0.717, 1.165) is 0 Å². The highest BCUT2D eigenvalue weighted by Gasteiger charge is 2.24. The fraction of sp³-hybridized carbons (Fsp3) is 0.857. The average Bonchev–Trinajstić information content (AvgIpc) is 1.94. The van der Waals surface area contributed by atoms with Crippen LogP contribution in [0.25, 0.3) is 0 Å². The molecule has 0 aromatic carbocycles. The lowest BCUT2D eigenvalue weighted by molar-refractivity contribution is -0.173. The van der Waals surface area contributed by atoms with E-state index in [0.29, 0.717) is 19.6 Å².